The molecule has 0 spiro atoms. The lowest BCUT2D eigenvalue weighted by molar-refractivity contribution is -0.134. The van der Waals surface area contributed by atoms with Crippen LogP contribution >= 0.6 is 22.6 Å². The van der Waals surface area contributed by atoms with Gasteiger partial charge in [0.2, 0.25) is 0 Å². The maximum absolute atomic E-state index is 14.3. The van der Waals surface area contributed by atoms with Gasteiger partial charge in [0, 0.05) is 31.2 Å². The van der Waals surface area contributed by atoms with Crippen LogP contribution in [0.3, 0.4) is 0 Å². The average Bonchev–Trinajstić information content (AvgIpc) is 2.74. The maximum Gasteiger partial charge on any atom is 0.328 e. The molecule has 3 rings (SSSR count). The Balaban J connectivity index is 0.000000366. The summed E-state index contributed by atoms with van der Waals surface area (Å²) in [6, 6.07) is 12.5. The Morgan fingerprint density at radius 1 is 1.10 bits per heavy atom. The van der Waals surface area contributed by atoms with Crippen LogP contribution in [0.2, 0.25) is 0 Å². The molecule has 1 fully saturated rings. The number of rotatable bonds is 5. The van der Waals surface area contributed by atoms with Crippen LogP contribution in [0, 0.1) is 11.6 Å². The Labute approximate surface area is 192 Å². The number of aliphatic carboxylic acids is 2. The minimum atomic E-state index is -1.27. The van der Waals surface area contributed by atoms with Crippen molar-refractivity contribution >= 4 is 34.5 Å². The Morgan fingerprint density at radius 3 is 2.29 bits per heavy atom. The minimum Gasteiger partial charge on any atom is -0.478 e. The third-order valence-electron chi connectivity index (χ3n) is 4.97. The van der Waals surface area contributed by atoms with Gasteiger partial charge in [-0.2, -0.15) is 0 Å². The summed E-state index contributed by atoms with van der Waals surface area (Å²) in [5.41, 5.74) is -0.278. The van der Waals surface area contributed by atoms with E-state index in [9.17, 15) is 23.5 Å². The molecule has 0 aromatic heterocycles. The van der Waals surface area contributed by atoms with E-state index < -0.39 is 23.5 Å². The van der Waals surface area contributed by atoms with Gasteiger partial charge < -0.3 is 15.3 Å². The number of benzene rings is 2. The molecule has 2 atom stereocenters. The smallest absolute Gasteiger partial charge is 0.328 e. The van der Waals surface area contributed by atoms with Crippen molar-refractivity contribution in [3.8, 4) is 0 Å². The van der Waals surface area contributed by atoms with Gasteiger partial charge >= 0.3 is 11.9 Å². The Morgan fingerprint density at radius 2 is 1.74 bits per heavy atom. The molecule has 2 aromatic carbocycles. The van der Waals surface area contributed by atoms with Crippen molar-refractivity contribution < 1.29 is 33.7 Å². The van der Waals surface area contributed by atoms with E-state index >= 15 is 0 Å². The van der Waals surface area contributed by atoms with E-state index in [1.165, 1.54) is 18.2 Å². The zero-order valence-corrected chi connectivity index (χ0v) is 18.6. The molecule has 6 nitrogen and oxygen atoms in total. The lowest BCUT2D eigenvalue weighted by Gasteiger charge is -2.45. The lowest BCUT2D eigenvalue weighted by atomic mass is 9.72. The number of nitrogens with zero attached hydrogens (tertiary/aromatic N) is 1. The number of likely N-dealkylation sites (tertiary alicyclic amines) is 1. The van der Waals surface area contributed by atoms with Crippen molar-refractivity contribution in [2.75, 3.05) is 17.6 Å². The number of piperidine rings is 1. The number of halogens is 3. The normalized spacial score (nSPS) is 21.4. The van der Waals surface area contributed by atoms with Gasteiger partial charge in [0.15, 0.2) is 0 Å². The third kappa shape index (κ3) is 6.81. The van der Waals surface area contributed by atoms with Crippen molar-refractivity contribution in [2.24, 2.45) is 0 Å². The first-order chi connectivity index (χ1) is 14.7. The second kappa shape index (κ2) is 11.3. The molecule has 166 valence electrons. The topological polar surface area (TPSA) is 98.1 Å². The first-order valence-corrected chi connectivity index (χ1v) is 10.8. The summed E-state index contributed by atoms with van der Waals surface area (Å²) < 4.78 is 28.8. The van der Waals surface area contributed by atoms with E-state index in [0.717, 1.165) is 4.55 Å². The fourth-order valence-electron chi connectivity index (χ4n) is 3.47. The summed E-state index contributed by atoms with van der Waals surface area (Å²) in [7, 11) is 0. The van der Waals surface area contributed by atoms with Crippen LogP contribution in [0.5, 0.6) is 0 Å². The van der Waals surface area contributed by atoms with Gasteiger partial charge in [-0.15, -0.1) is 0 Å². The second-order valence-corrected chi connectivity index (χ2v) is 7.65. The summed E-state index contributed by atoms with van der Waals surface area (Å²) in [6.07, 6.45) is 1.56. The van der Waals surface area contributed by atoms with Crippen molar-refractivity contribution in [2.45, 2.75) is 17.9 Å². The van der Waals surface area contributed by atoms with Crippen LogP contribution in [0.15, 0.2) is 60.7 Å². The molecular formula is C22H22F2INO5. The molecule has 0 radical (unpaired) electrons. The summed E-state index contributed by atoms with van der Waals surface area (Å²) in [6.45, 7) is 1.23. The summed E-state index contributed by atoms with van der Waals surface area (Å²) in [4.78, 5) is 21.3. The Bertz CT molecular complexity index is 939. The zero-order chi connectivity index (χ0) is 23.0. The summed E-state index contributed by atoms with van der Waals surface area (Å²) >= 11 is 2.27. The molecule has 0 amide bonds. The molecule has 1 aliphatic heterocycles. The van der Waals surface area contributed by atoms with Gasteiger partial charge in [0.1, 0.15) is 11.6 Å². The zero-order valence-electron chi connectivity index (χ0n) is 16.4. The third-order valence-corrected chi connectivity index (χ3v) is 5.93. The lowest BCUT2D eigenvalue weighted by Crippen LogP contribution is -2.48. The summed E-state index contributed by atoms with van der Waals surface area (Å²) in [5, 5.41) is 27.0. The average molecular weight is 545 g/mol. The van der Waals surface area contributed by atoms with Crippen molar-refractivity contribution in [3.63, 3.8) is 0 Å². The fourth-order valence-corrected chi connectivity index (χ4v) is 4.09. The maximum atomic E-state index is 14.3. The SMILES string of the molecule is O=C(O)C=CC(=O)O.OC1(c2cccc(F)c2)CCN(CI)CC1c1ccccc1F. The first-order valence-electron chi connectivity index (χ1n) is 9.32. The Kier molecular flexibility index (Phi) is 9.08. The highest BCUT2D eigenvalue weighted by atomic mass is 127. The van der Waals surface area contributed by atoms with Gasteiger partial charge in [-0.1, -0.05) is 52.9 Å². The Hall–Kier alpha value is -2.37. The van der Waals surface area contributed by atoms with Crippen LogP contribution < -0.4 is 0 Å². The van der Waals surface area contributed by atoms with Gasteiger partial charge in [-0.25, -0.2) is 18.4 Å². The number of hydrogen-bond acceptors (Lipinski definition) is 4. The largest absolute Gasteiger partial charge is 0.478 e. The quantitative estimate of drug-likeness (QED) is 0.229. The van der Waals surface area contributed by atoms with Crippen LogP contribution in [0.1, 0.15) is 23.5 Å². The first kappa shape index (κ1) is 24.9. The molecule has 1 heterocycles. The number of carboxylic acids is 2. The standard InChI is InChI=1S/C18H18F2INO.C4H4O4/c19-14-5-3-4-13(10-14)18(23)8-9-22(12-21)11-16(18)15-6-1-2-7-17(15)20;5-3(6)1-2-4(7)8/h1-7,10,16,23H,8-9,11-12H2;1-2H,(H,5,6)(H,7,8). The van der Waals surface area contributed by atoms with E-state index in [1.807, 2.05) is 0 Å². The fraction of sp³-hybridized carbons (Fsp3) is 0.273. The molecule has 0 saturated carbocycles. The van der Waals surface area contributed by atoms with Crippen LogP contribution in [0.4, 0.5) is 8.78 Å². The molecular weight excluding hydrogens is 523 g/mol. The van der Waals surface area contributed by atoms with Gasteiger partial charge in [-0.3, -0.25) is 4.90 Å². The molecule has 9 heteroatoms. The molecule has 31 heavy (non-hydrogen) atoms. The van der Waals surface area contributed by atoms with Gasteiger partial charge in [-0.05, 0) is 35.7 Å². The number of alkyl halides is 1. The minimum absolute atomic E-state index is 0.331. The van der Waals surface area contributed by atoms with E-state index in [1.54, 1.807) is 30.3 Å². The molecule has 1 saturated heterocycles. The predicted octanol–water partition coefficient (Wildman–Crippen LogP) is 3.75. The molecule has 1 aliphatic rings. The van der Waals surface area contributed by atoms with E-state index in [2.05, 4.69) is 27.5 Å². The second-order valence-electron chi connectivity index (χ2n) is 6.97. The number of carbonyl (C=O) groups is 2. The molecule has 2 aromatic rings. The highest BCUT2D eigenvalue weighted by molar-refractivity contribution is 14.1. The number of hydrogen-bond donors (Lipinski definition) is 3. The van der Waals surface area contributed by atoms with Crippen molar-refractivity contribution in [1.82, 2.24) is 4.90 Å². The van der Waals surface area contributed by atoms with Crippen LogP contribution in [-0.2, 0) is 15.2 Å². The highest BCUT2D eigenvalue weighted by Crippen LogP contribution is 2.44. The predicted molar refractivity (Wildman–Crippen MR) is 119 cm³/mol. The van der Waals surface area contributed by atoms with Crippen LogP contribution in [-0.4, -0.2) is 49.8 Å². The van der Waals surface area contributed by atoms with Gasteiger partial charge in [0.05, 0.1) is 10.2 Å². The molecule has 0 bridgehead atoms. The van der Waals surface area contributed by atoms with Crippen molar-refractivity contribution in [1.29, 1.82) is 0 Å². The molecule has 3 N–H and O–H groups in total. The van der Waals surface area contributed by atoms with Crippen molar-refractivity contribution in [3.05, 3.63) is 83.4 Å². The van der Waals surface area contributed by atoms with E-state index in [-0.39, 0.29) is 11.6 Å². The number of carboxylic acid groups (broad SMARTS) is 2. The van der Waals surface area contributed by atoms with E-state index in [0.29, 0.717) is 42.8 Å². The van der Waals surface area contributed by atoms with E-state index in [4.69, 9.17) is 10.2 Å². The highest BCUT2D eigenvalue weighted by Gasteiger charge is 2.44. The number of aliphatic hydroxyl groups is 1. The van der Waals surface area contributed by atoms with Gasteiger partial charge in [0.25, 0.3) is 0 Å². The molecule has 2 unspecified atom stereocenters. The van der Waals surface area contributed by atoms with Crippen LogP contribution in [0.25, 0.3) is 0 Å². The monoisotopic (exact) mass is 545 g/mol. The summed E-state index contributed by atoms with van der Waals surface area (Å²) in [5.74, 6) is -3.67. The molecule has 0 aliphatic carbocycles.